The van der Waals surface area contributed by atoms with Gasteiger partial charge in [-0.3, -0.25) is 0 Å². The Balaban J connectivity index is 2.22. The van der Waals surface area contributed by atoms with E-state index in [1.165, 1.54) is 6.07 Å². The molecule has 0 radical (unpaired) electrons. The van der Waals surface area contributed by atoms with Crippen LogP contribution in [0, 0.1) is 0 Å². The van der Waals surface area contributed by atoms with Crippen LogP contribution < -0.4 is 10.6 Å². The lowest BCUT2D eigenvalue weighted by atomic mass is 10.0. The number of aromatic hydroxyl groups is 2. The zero-order chi connectivity index (χ0) is 9.97. The number of piperazine rings is 1. The van der Waals surface area contributed by atoms with Gasteiger partial charge in [-0.1, -0.05) is 6.07 Å². The molecule has 1 saturated heterocycles. The molecule has 76 valence electrons. The Morgan fingerprint density at radius 1 is 1.21 bits per heavy atom. The third kappa shape index (κ3) is 1.81. The molecule has 14 heavy (non-hydrogen) atoms. The average molecular weight is 194 g/mol. The molecule has 1 aliphatic heterocycles. The molecule has 1 unspecified atom stereocenters. The first kappa shape index (κ1) is 9.30. The first-order valence-electron chi connectivity index (χ1n) is 4.73. The molecule has 1 atom stereocenters. The fraction of sp³-hybridized carbons (Fsp3) is 0.400. The van der Waals surface area contributed by atoms with Crippen molar-refractivity contribution in [2.45, 2.75) is 6.04 Å². The summed E-state index contributed by atoms with van der Waals surface area (Å²) in [5.41, 5.74) is 0.829. The van der Waals surface area contributed by atoms with E-state index in [0.29, 0.717) is 0 Å². The maximum absolute atomic E-state index is 9.62. The van der Waals surface area contributed by atoms with Crippen LogP contribution in [0.2, 0.25) is 0 Å². The molecule has 0 amide bonds. The zero-order valence-electron chi connectivity index (χ0n) is 7.83. The molecule has 1 aromatic rings. The molecule has 2 rings (SSSR count). The number of benzene rings is 1. The number of hydrogen-bond acceptors (Lipinski definition) is 4. The highest BCUT2D eigenvalue weighted by Gasteiger charge is 2.17. The van der Waals surface area contributed by atoms with Crippen molar-refractivity contribution in [1.29, 1.82) is 0 Å². The summed E-state index contributed by atoms with van der Waals surface area (Å²) >= 11 is 0. The van der Waals surface area contributed by atoms with Gasteiger partial charge in [0, 0.05) is 37.3 Å². The Kier molecular flexibility index (Phi) is 2.56. The van der Waals surface area contributed by atoms with Crippen molar-refractivity contribution >= 4 is 0 Å². The van der Waals surface area contributed by atoms with E-state index in [0.717, 1.165) is 25.2 Å². The molecule has 0 aromatic heterocycles. The highest BCUT2D eigenvalue weighted by atomic mass is 16.3. The van der Waals surface area contributed by atoms with Gasteiger partial charge in [0.15, 0.2) is 0 Å². The summed E-state index contributed by atoms with van der Waals surface area (Å²) in [6.07, 6.45) is 0. The molecular weight excluding hydrogens is 180 g/mol. The van der Waals surface area contributed by atoms with Crippen LogP contribution in [0.15, 0.2) is 18.2 Å². The minimum absolute atomic E-state index is 0.0926. The Hall–Kier alpha value is -1.26. The minimum atomic E-state index is 0.0926. The fourth-order valence-electron chi connectivity index (χ4n) is 1.70. The number of phenolic OH excluding ortho intramolecular Hbond substituents is 2. The second-order valence-corrected chi connectivity index (χ2v) is 3.45. The second kappa shape index (κ2) is 3.86. The van der Waals surface area contributed by atoms with E-state index in [9.17, 15) is 5.11 Å². The summed E-state index contributed by atoms with van der Waals surface area (Å²) in [6, 6.07) is 4.83. The Bertz CT molecular complexity index is 322. The van der Waals surface area contributed by atoms with Gasteiger partial charge in [-0.05, 0) is 6.07 Å². The van der Waals surface area contributed by atoms with E-state index in [4.69, 9.17) is 5.11 Å². The van der Waals surface area contributed by atoms with Gasteiger partial charge in [0.1, 0.15) is 11.5 Å². The van der Waals surface area contributed by atoms with Crippen molar-refractivity contribution in [3.8, 4) is 11.5 Å². The molecule has 0 saturated carbocycles. The van der Waals surface area contributed by atoms with Crippen LogP contribution >= 0.6 is 0 Å². The van der Waals surface area contributed by atoms with Crippen molar-refractivity contribution in [2.75, 3.05) is 19.6 Å². The summed E-state index contributed by atoms with van der Waals surface area (Å²) in [5.74, 6) is 0.237. The molecule has 0 bridgehead atoms. The Morgan fingerprint density at radius 3 is 2.71 bits per heavy atom. The number of phenols is 2. The molecular formula is C10H14N2O2. The molecule has 0 aliphatic carbocycles. The number of rotatable bonds is 1. The van der Waals surface area contributed by atoms with Gasteiger partial charge < -0.3 is 20.8 Å². The van der Waals surface area contributed by atoms with Crippen molar-refractivity contribution in [3.05, 3.63) is 23.8 Å². The van der Waals surface area contributed by atoms with Crippen molar-refractivity contribution in [3.63, 3.8) is 0 Å². The van der Waals surface area contributed by atoms with Gasteiger partial charge in [-0.15, -0.1) is 0 Å². The van der Waals surface area contributed by atoms with Crippen LogP contribution in [-0.4, -0.2) is 29.8 Å². The normalized spacial score (nSPS) is 22.1. The highest BCUT2D eigenvalue weighted by molar-refractivity contribution is 5.41. The van der Waals surface area contributed by atoms with E-state index < -0.39 is 0 Å². The summed E-state index contributed by atoms with van der Waals surface area (Å²) in [7, 11) is 0. The van der Waals surface area contributed by atoms with E-state index in [-0.39, 0.29) is 17.5 Å². The maximum Gasteiger partial charge on any atom is 0.124 e. The number of nitrogens with one attached hydrogen (secondary N) is 2. The molecule has 4 nitrogen and oxygen atoms in total. The Morgan fingerprint density at radius 2 is 2.07 bits per heavy atom. The lowest BCUT2D eigenvalue weighted by Crippen LogP contribution is -2.42. The van der Waals surface area contributed by atoms with Gasteiger partial charge in [0.25, 0.3) is 0 Å². The molecule has 4 N–H and O–H groups in total. The lowest BCUT2D eigenvalue weighted by Gasteiger charge is -2.25. The van der Waals surface area contributed by atoms with E-state index >= 15 is 0 Å². The van der Waals surface area contributed by atoms with Crippen molar-refractivity contribution in [1.82, 2.24) is 10.6 Å². The first-order valence-corrected chi connectivity index (χ1v) is 4.73. The summed E-state index contributed by atoms with van der Waals surface area (Å²) in [6.45, 7) is 2.65. The van der Waals surface area contributed by atoms with E-state index in [1.54, 1.807) is 12.1 Å². The van der Waals surface area contributed by atoms with Gasteiger partial charge >= 0.3 is 0 Å². The fourth-order valence-corrected chi connectivity index (χ4v) is 1.70. The maximum atomic E-state index is 9.62. The summed E-state index contributed by atoms with van der Waals surface area (Å²) < 4.78 is 0. The number of hydrogen-bond donors (Lipinski definition) is 4. The third-order valence-electron chi connectivity index (χ3n) is 2.43. The van der Waals surface area contributed by atoms with Crippen LogP contribution in [0.4, 0.5) is 0 Å². The first-order chi connectivity index (χ1) is 6.77. The summed E-state index contributed by atoms with van der Waals surface area (Å²) in [4.78, 5) is 0. The lowest BCUT2D eigenvalue weighted by molar-refractivity contribution is 0.400. The quantitative estimate of drug-likeness (QED) is 0.520. The SMILES string of the molecule is Oc1ccc(C2CNCCN2)c(O)c1. The highest BCUT2D eigenvalue weighted by Crippen LogP contribution is 2.27. The molecule has 4 heteroatoms. The van der Waals surface area contributed by atoms with Crippen LogP contribution in [0.1, 0.15) is 11.6 Å². The average Bonchev–Trinajstić information content (AvgIpc) is 2.19. The minimum Gasteiger partial charge on any atom is -0.508 e. The summed E-state index contributed by atoms with van der Waals surface area (Å²) in [5, 5.41) is 25.3. The van der Waals surface area contributed by atoms with Crippen LogP contribution in [-0.2, 0) is 0 Å². The van der Waals surface area contributed by atoms with Gasteiger partial charge in [-0.25, -0.2) is 0 Å². The zero-order valence-corrected chi connectivity index (χ0v) is 7.83. The van der Waals surface area contributed by atoms with Gasteiger partial charge in [0.05, 0.1) is 0 Å². The van der Waals surface area contributed by atoms with E-state index in [1.807, 2.05) is 0 Å². The van der Waals surface area contributed by atoms with Crippen LogP contribution in [0.5, 0.6) is 11.5 Å². The third-order valence-corrected chi connectivity index (χ3v) is 2.43. The topological polar surface area (TPSA) is 64.5 Å². The van der Waals surface area contributed by atoms with Crippen molar-refractivity contribution in [2.24, 2.45) is 0 Å². The largest absolute Gasteiger partial charge is 0.508 e. The molecule has 1 aromatic carbocycles. The Labute approximate surface area is 82.6 Å². The van der Waals surface area contributed by atoms with Gasteiger partial charge in [0.2, 0.25) is 0 Å². The monoisotopic (exact) mass is 194 g/mol. The standard InChI is InChI=1S/C10H14N2O2/c13-7-1-2-8(10(14)5-7)9-6-11-3-4-12-9/h1-2,5,9,11-14H,3-4,6H2. The molecule has 0 spiro atoms. The molecule has 1 heterocycles. The molecule has 1 aliphatic rings. The second-order valence-electron chi connectivity index (χ2n) is 3.45. The van der Waals surface area contributed by atoms with Gasteiger partial charge in [-0.2, -0.15) is 0 Å². The predicted octanol–water partition coefficient (Wildman–Crippen LogP) is 0.332. The van der Waals surface area contributed by atoms with Crippen molar-refractivity contribution < 1.29 is 10.2 Å². The smallest absolute Gasteiger partial charge is 0.124 e. The molecule has 1 fully saturated rings. The van der Waals surface area contributed by atoms with Crippen LogP contribution in [0.25, 0.3) is 0 Å². The van der Waals surface area contributed by atoms with E-state index in [2.05, 4.69) is 10.6 Å². The predicted molar refractivity (Wildman–Crippen MR) is 53.4 cm³/mol. The van der Waals surface area contributed by atoms with Crippen LogP contribution in [0.3, 0.4) is 0 Å².